The second-order valence-corrected chi connectivity index (χ2v) is 8.68. The first kappa shape index (κ1) is 20.7. The molecule has 0 aliphatic carbocycles. The molecular weight excluding hydrogens is 476 g/mol. The maximum atomic E-state index is 13.9. The average Bonchev–Trinajstić information content (AvgIpc) is 2.72. The summed E-state index contributed by atoms with van der Waals surface area (Å²) in [5, 5.41) is 3.12. The Morgan fingerprint density at radius 2 is 1.97 bits per heavy atom. The molecule has 1 aliphatic rings. The fourth-order valence-corrected chi connectivity index (χ4v) is 4.78. The van der Waals surface area contributed by atoms with Crippen molar-refractivity contribution in [2.24, 2.45) is 7.05 Å². The van der Waals surface area contributed by atoms with E-state index in [4.69, 9.17) is 0 Å². The molecule has 5 nitrogen and oxygen atoms in total. The number of halogens is 3. The highest BCUT2D eigenvalue weighted by Crippen LogP contribution is 2.37. The molecule has 9 heteroatoms. The predicted octanol–water partition coefficient (Wildman–Crippen LogP) is 4.59. The van der Waals surface area contributed by atoms with Gasteiger partial charge in [-0.2, -0.15) is 4.98 Å². The number of hydrogen-bond acceptors (Lipinski definition) is 4. The van der Waals surface area contributed by atoms with Crippen molar-refractivity contribution >= 4 is 39.4 Å². The maximum absolute atomic E-state index is 13.9. The monoisotopic (exact) mass is 491 g/mol. The number of benzene rings is 2. The number of nitrogens with zero attached hydrogens (tertiary/aromatic N) is 2. The van der Waals surface area contributed by atoms with Crippen LogP contribution in [0.25, 0.3) is 0 Å². The molecule has 0 saturated carbocycles. The predicted molar refractivity (Wildman–Crippen MR) is 115 cm³/mol. The van der Waals surface area contributed by atoms with Crippen LogP contribution in [0.4, 0.5) is 14.6 Å². The van der Waals surface area contributed by atoms with Gasteiger partial charge >= 0.3 is 0 Å². The first-order valence-corrected chi connectivity index (χ1v) is 10.8. The Hall–Kier alpha value is -2.52. The average molecular weight is 492 g/mol. The van der Waals surface area contributed by atoms with E-state index in [1.165, 1.54) is 23.9 Å². The Bertz CT molecular complexity index is 1220. The molecule has 30 heavy (non-hydrogen) atoms. The molecule has 0 radical (unpaired) electrons. The summed E-state index contributed by atoms with van der Waals surface area (Å²) in [6.45, 7) is 0. The summed E-state index contributed by atoms with van der Waals surface area (Å²) in [5.74, 6) is -0.906. The van der Waals surface area contributed by atoms with Gasteiger partial charge in [-0.05, 0) is 45.3 Å². The lowest BCUT2D eigenvalue weighted by Gasteiger charge is -2.27. The number of aromatic nitrogens is 2. The van der Waals surface area contributed by atoms with Crippen molar-refractivity contribution < 1.29 is 13.6 Å². The van der Waals surface area contributed by atoms with Crippen molar-refractivity contribution in [2.75, 3.05) is 5.32 Å². The van der Waals surface area contributed by atoms with Crippen LogP contribution in [0.15, 0.2) is 56.9 Å². The number of anilines is 1. The summed E-state index contributed by atoms with van der Waals surface area (Å²) in [4.78, 5) is 29.5. The van der Waals surface area contributed by atoms with Crippen LogP contribution in [0, 0.1) is 11.6 Å². The number of rotatable bonds is 4. The van der Waals surface area contributed by atoms with Gasteiger partial charge in [0.2, 0.25) is 5.91 Å². The van der Waals surface area contributed by atoms with E-state index in [1.807, 2.05) is 0 Å². The van der Waals surface area contributed by atoms with Crippen LogP contribution in [0.1, 0.15) is 29.0 Å². The first-order valence-electron chi connectivity index (χ1n) is 9.07. The molecule has 1 aromatic heterocycles. The van der Waals surface area contributed by atoms with E-state index in [0.717, 1.165) is 0 Å². The van der Waals surface area contributed by atoms with E-state index >= 15 is 0 Å². The third-order valence-corrected chi connectivity index (χ3v) is 6.65. The lowest BCUT2D eigenvalue weighted by Crippen LogP contribution is -2.33. The molecule has 2 heterocycles. The highest BCUT2D eigenvalue weighted by Gasteiger charge is 2.32. The van der Waals surface area contributed by atoms with Crippen molar-refractivity contribution in [1.82, 2.24) is 9.55 Å². The summed E-state index contributed by atoms with van der Waals surface area (Å²) in [6.07, 6.45) is 0.0592. The van der Waals surface area contributed by atoms with Gasteiger partial charge in [0.15, 0.2) is 5.16 Å². The second-order valence-electron chi connectivity index (χ2n) is 6.88. The maximum Gasteiger partial charge on any atom is 0.279 e. The molecule has 154 valence electrons. The third-order valence-electron chi connectivity index (χ3n) is 4.96. The van der Waals surface area contributed by atoms with Crippen LogP contribution in [0.5, 0.6) is 0 Å². The molecule has 0 spiro atoms. The topological polar surface area (TPSA) is 64.0 Å². The highest BCUT2D eigenvalue weighted by molar-refractivity contribution is 9.10. The number of carbonyl (C=O) groups excluding carboxylic acids is 1. The summed E-state index contributed by atoms with van der Waals surface area (Å²) in [6, 6.07) is 10.8. The SMILES string of the molecule is Cn1c(SCc2ccccc2F)nc(=O)c2c1NC(=O)C[C@@H]2c1ccc(F)c(Br)c1. The minimum absolute atomic E-state index is 0.0592. The molecule has 1 amide bonds. The molecule has 0 unspecified atom stereocenters. The van der Waals surface area contributed by atoms with Crippen molar-refractivity contribution in [2.45, 2.75) is 23.2 Å². The lowest BCUT2D eigenvalue weighted by molar-refractivity contribution is -0.116. The standard InChI is InChI=1S/C21H16BrF2N3O2S/c1-27-19-18(13(9-17(28)25-19)11-6-7-16(24)14(22)8-11)20(29)26-21(27)30-10-12-4-2-3-5-15(12)23/h2-8,13H,9-10H2,1H3,(H,25,28)/t13-/m1/s1. The summed E-state index contributed by atoms with van der Waals surface area (Å²) in [7, 11) is 1.69. The van der Waals surface area contributed by atoms with Gasteiger partial charge in [0.05, 0.1) is 10.0 Å². The van der Waals surface area contributed by atoms with Gasteiger partial charge in [0.1, 0.15) is 17.5 Å². The molecule has 0 bridgehead atoms. The van der Waals surface area contributed by atoms with Gasteiger partial charge in [-0.3, -0.25) is 9.59 Å². The summed E-state index contributed by atoms with van der Waals surface area (Å²) in [5.41, 5.74) is 1.02. The van der Waals surface area contributed by atoms with Crippen molar-refractivity contribution in [3.05, 3.63) is 85.6 Å². The first-order chi connectivity index (χ1) is 14.3. The number of hydrogen-bond donors (Lipinski definition) is 1. The molecule has 1 N–H and O–H groups in total. The molecule has 4 rings (SSSR count). The van der Waals surface area contributed by atoms with Crippen molar-refractivity contribution in [3.8, 4) is 0 Å². The zero-order valence-electron chi connectivity index (χ0n) is 15.8. The molecule has 3 aromatic rings. The molecule has 1 atom stereocenters. The number of nitrogens with one attached hydrogen (secondary N) is 1. The van der Waals surface area contributed by atoms with Crippen LogP contribution in [0.2, 0.25) is 0 Å². The number of thioether (sulfide) groups is 1. The van der Waals surface area contributed by atoms with E-state index < -0.39 is 17.3 Å². The second kappa shape index (κ2) is 8.31. The fraction of sp³-hybridized carbons (Fsp3) is 0.190. The van der Waals surface area contributed by atoms with Gasteiger partial charge in [-0.25, -0.2) is 8.78 Å². The molecule has 0 saturated heterocycles. The molecule has 2 aromatic carbocycles. The Kier molecular flexibility index (Phi) is 5.75. The largest absolute Gasteiger partial charge is 0.312 e. The Balaban J connectivity index is 1.74. The quantitative estimate of drug-likeness (QED) is 0.428. The number of amides is 1. The Morgan fingerprint density at radius 3 is 2.70 bits per heavy atom. The Labute approximate surface area is 183 Å². The van der Waals surface area contributed by atoms with Crippen LogP contribution in [-0.2, 0) is 17.6 Å². The van der Waals surface area contributed by atoms with Crippen LogP contribution in [-0.4, -0.2) is 15.5 Å². The number of carbonyl (C=O) groups is 1. The molecule has 0 fully saturated rings. The smallest absolute Gasteiger partial charge is 0.279 e. The third kappa shape index (κ3) is 3.91. The van der Waals surface area contributed by atoms with E-state index in [1.54, 1.807) is 41.9 Å². The zero-order valence-corrected chi connectivity index (χ0v) is 18.2. The van der Waals surface area contributed by atoms with Crippen LogP contribution >= 0.6 is 27.7 Å². The fourth-order valence-electron chi connectivity index (χ4n) is 3.44. The summed E-state index contributed by atoms with van der Waals surface area (Å²) < 4.78 is 29.4. The van der Waals surface area contributed by atoms with Gasteiger partial charge in [0, 0.05) is 25.1 Å². The van der Waals surface area contributed by atoms with Crippen LogP contribution < -0.4 is 10.9 Å². The van der Waals surface area contributed by atoms with Crippen LogP contribution in [0.3, 0.4) is 0 Å². The van der Waals surface area contributed by atoms with Gasteiger partial charge in [-0.1, -0.05) is 36.0 Å². The zero-order chi connectivity index (χ0) is 21.4. The normalized spacial score (nSPS) is 15.6. The minimum Gasteiger partial charge on any atom is -0.312 e. The van der Waals surface area contributed by atoms with Crippen molar-refractivity contribution in [1.29, 1.82) is 0 Å². The van der Waals surface area contributed by atoms with E-state index in [2.05, 4.69) is 26.2 Å². The molecular formula is C21H16BrF2N3O2S. The van der Waals surface area contributed by atoms with Gasteiger partial charge in [0.25, 0.3) is 5.56 Å². The lowest BCUT2D eigenvalue weighted by atomic mass is 9.87. The molecule has 1 aliphatic heterocycles. The number of fused-ring (bicyclic) bond motifs is 1. The summed E-state index contributed by atoms with van der Waals surface area (Å²) >= 11 is 4.36. The minimum atomic E-state index is -0.539. The Morgan fingerprint density at radius 1 is 1.20 bits per heavy atom. The van der Waals surface area contributed by atoms with Gasteiger partial charge in [-0.15, -0.1) is 0 Å². The van der Waals surface area contributed by atoms with E-state index in [9.17, 15) is 18.4 Å². The van der Waals surface area contributed by atoms with E-state index in [-0.39, 0.29) is 28.4 Å². The van der Waals surface area contributed by atoms with E-state index in [0.29, 0.717) is 27.7 Å². The van der Waals surface area contributed by atoms with Crippen molar-refractivity contribution in [3.63, 3.8) is 0 Å². The highest BCUT2D eigenvalue weighted by atomic mass is 79.9. The van der Waals surface area contributed by atoms with Gasteiger partial charge < -0.3 is 9.88 Å².